The smallest absolute Gasteiger partial charge is 0.244 e. The number of rotatable bonds is 8. The molecule has 1 amide bonds. The Kier molecular flexibility index (Phi) is 7.57. The van der Waals surface area contributed by atoms with Gasteiger partial charge in [-0.1, -0.05) is 36.2 Å². The van der Waals surface area contributed by atoms with Gasteiger partial charge in [0.05, 0.1) is 19.1 Å². The van der Waals surface area contributed by atoms with Crippen molar-refractivity contribution in [3.8, 4) is 5.75 Å². The number of hydrogen-bond donors (Lipinski definition) is 1. The first-order chi connectivity index (χ1) is 13.2. The molecule has 0 heterocycles. The van der Waals surface area contributed by atoms with Crippen LogP contribution in [0.2, 0.25) is 10.0 Å². The maximum Gasteiger partial charge on any atom is 0.244 e. The van der Waals surface area contributed by atoms with Crippen molar-refractivity contribution < 1.29 is 17.9 Å². The van der Waals surface area contributed by atoms with Crippen LogP contribution in [0.25, 0.3) is 0 Å². The summed E-state index contributed by atoms with van der Waals surface area (Å²) in [6.45, 7) is 1.91. The number of carbonyl (C=O) groups is 1. The minimum atomic E-state index is -3.70. The maximum absolute atomic E-state index is 12.8. The molecule has 152 valence electrons. The van der Waals surface area contributed by atoms with Crippen LogP contribution in [0.15, 0.2) is 42.5 Å². The van der Waals surface area contributed by atoms with E-state index in [0.29, 0.717) is 33.5 Å². The predicted octanol–water partition coefficient (Wildman–Crippen LogP) is 3.86. The molecular formula is C19H22Cl2N2O4S. The number of amides is 1. The molecule has 0 aromatic heterocycles. The molecule has 0 saturated heterocycles. The van der Waals surface area contributed by atoms with Crippen LogP contribution in [0, 0.1) is 0 Å². The number of benzene rings is 2. The Bertz CT molecular complexity index is 933. The number of carbonyl (C=O) groups excluding carboxylic acids is 1. The zero-order chi connectivity index (χ0) is 20.9. The van der Waals surface area contributed by atoms with Crippen LogP contribution in [0.5, 0.6) is 5.75 Å². The lowest BCUT2D eigenvalue weighted by atomic mass is 10.1. The van der Waals surface area contributed by atoms with Crippen molar-refractivity contribution in [1.29, 1.82) is 0 Å². The predicted molar refractivity (Wildman–Crippen MR) is 113 cm³/mol. The number of methoxy groups -OCH3 is 1. The highest BCUT2D eigenvalue weighted by Gasteiger charge is 2.31. The van der Waals surface area contributed by atoms with Crippen LogP contribution in [0.3, 0.4) is 0 Å². The summed E-state index contributed by atoms with van der Waals surface area (Å²) in [6.07, 6.45) is 1.36. The standard InChI is InChI=1S/C19H22Cl2N2O4S/c1-4-18(19(24)22-12-13-5-6-14(20)11-17(13)21)23(28(3,25)26)15-7-9-16(27-2)10-8-15/h5-11,18H,4,12H2,1-3H3,(H,22,24). The highest BCUT2D eigenvalue weighted by atomic mass is 35.5. The third kappa shape index (κ3) is 5.53. The van der Waals surface area contributed by atoms with E-state index in [1.807, 2.05) is 0 Å². The van der Waals surface area contributed by atoms with E-state index < -0.39 is 22.0 Å². The molecule has 6 nitrogen and oxygen atoms in total. The van der Waals surface area contributed by atoms with Crippen molar-refractivity contribution in [3.63, 3.8) is 0 Å². The fourth-order valence-corrected chi connectivity index (χ4v) is 4.44. The number of nitrogens with zero attached hydrogens (tertiary/aromatic N) is 1. The second-order valence-corrected chi connectivity index (χ2v) is 8.84. The second kappa shape index (κ2) is 9.49. The van der Waals surface area contributed by atoms with Gasteiger partial charge in [0.1, 0.15) is 11.8 Å². The monoisotopic (exact) mass is 444 g/mol. The van der Waals surface area contributed by atoms with Crippen LogP contribution in [0.1, 0.15) is 18.9 Å². The van der Waals surface area contributed by atoms with Crippen molar-refractivity contribution in [3.05, 3.63) is 58.1 Å². The first-order valence-corrected chi connectivity index (χ1v) is 11.1. The third-order valence-corrected chi connectivity index (χ3v) is 5.89. The molecule has 0 aliphatic rings. The normalized spacial score (nSPS) is 12.3. The van der Waals surface area contributed by atoms with Gasteiger partial charge in [0.2, 0.25) is 15.9 Å². The fraction of sp³-hybridized carbons (Fsp3) is 0.316. The summed E-state index contributed by atoms with van der Waals surface area (Å²) < 4.78 is 31.1. The van der Waals surface area contributed by atoms with E-state index in [2.05, 4.69) is 5.32 Å². The van der Waals surface area contributed by atoms with Gasteiger partial charge in [0.25, 0.3) is 0 Å². The highest BCUT2D eigenvalue weighted by molar-refractivity contribution is 7.92. The van der Waals surface area contributed by atoms with Gasteiger partial charge in [-0.05, 0) is 48.4 Å². The quantitative estimate of drug-likeness (QED) is 0.670. The average molecular weight is 445 g/mol. The van der Waals surface area contributed by atoms with Gasteiger partial charge in [-0.3, -0.25) is 9.10 Å². The summed E-state index contributed by atoms with van der Waals surface area (Å²) >= 11 is 12.0. The Balaban J connectivity index is 2.25. The number of anilines is 1. The minimum absolute atomic E-state index is 0.158. The van der Waals surface area contributed by atoms with Crippen molar-refractivity contribution >= 4 is 44.8 Å². The van der Waals surface area contributed by atoms with Crippen LogP contribution >= 0.6 is 23.2 Å². The van der Waals surface area contributed by atoms with Crippen molar-refractivity contribution in [2.45, 2.75) is 25.9 Å². The van der Waals surface area contributed by atoms with Gasteiger partial charge in [-0.25, -0.2) is 8.42 Å². The van der Waals surface area contributed by atoms with E-state index in [1.165, 1.54) is 7.11 Å². The largest absolute Gasteiger partial charge is 0.497 e. The summed E-state index contributed by atoms with van der Waals surface area (Å²) in [7, 11) is -2.18. The molecular weight excluding hydrogens is 423 g/mol. The molecule has 1 unspecified atom stereocenters. The molecule has 2 aromatic rings. The summed E-state index contributed by atoms with van der Waals surface area (Å²) in [5.41, 5.74) is 1.07. The Labute approximate surface area is 175 Å². The molecule has 28 heavy (non-hydrogen) atoms. The van der Waals surface area contributed by atoms with Gasteiger partial charge in [0, 0.05) is 16.6 Å². The van der Waals surface area contributed by atoms with Crippen LogP contribution in [-0.2, 0) is 21.4 Å². The van der Waals surface area contributed by atoms with Crippen LogP contribution in [-0.4, -0.2) is 33.7 Å². The molecule has 0 aliphatic heterocycles. The molecule has 0 aliphatic carbocycles. The molecule has 0 radical (unpaired) electrons. The number of nitrogens with one attached hydrogen (secondary N) is 1. The summed E-state index contributed by atoms with van der Waals surface area (Å²) in [4.78, 5) is 12.8. The summed E-state index contributed by atoms with van der Waals surface area (Å²) in [5, 5.41) is 3.68. The Morgan fingerprint density at radius 1 is 1.18 bits per heavy atom. The maximum atomic E-state index is 12.8. The average Bonchev–Trinajstić information content (AvgIpc) is 2.64. The molecule has 0 spiro atoms. The Morgan fingerprint density at radius 2 is 1.82 bits per heavy atom. The molecule has 2 rings (SSSR count). The molecule has 9 heteroatoms. The van der Waals surface area contributed by atoms with E-state index in [0.717, 1.165) is 10.6 Å². The number of hydrogen-bond acceptors (Lipinski definition) is 4. The second-order valence-electron chi connectivity index (χ2n) is 6.13. The highest BCUT2D eigenvalue weighted by Crippen LogP contribution is 2.25. The van der Waals surface area contributed by atoms with E-state index in [-0.39, 0.29) is 6.54 Å². The minimum Gasteiger partial charge on any atom is -0.497 e. The van der Waals surface area contributed by atoms with Crippen molar-refractivity contribution in [1.82, 2.24) is 5.32 Å². The molecule has 1 N–H and O–H groups in total. The first kappa shape index (κ1) is 22.3. The summed E-state index contributed by atoms with van der Waals surface area (Å²) in [5.74, 6) is 0.168. The lowest BCUT2D eigenvalue weighted by molar-refractivity contribution is -0.122. The topological polar surface area (TPSA) is 75.7 Å². The molecule has 1 atom stereocenters. The third-order valence-electron chi connectivity index (χ3n) is 4.12. The molecule has 0 fully saturated rings. The van der Waals surface area contributed by atoms with Crippen LogP contribution < -0.4 is 14.4 Å². The lowest BCUT2D eigenvalue weighted by Gasteiger charge is -2.30. The Hall–Kier alpha value is -1.96. The zero-order valence-electron chi connectivity index (χ0n) is 15.8. The molecule has 2 aromatic carbocycles. The van der Waals surface area contributed by atoms with E-state index in [4.69, 9.17) is 27.9 Å². The summed E-state index contributed by atoms with van der Waals surface area (Å²) in [6, 6.07) is 10.6. The van der Waals surface area contributed by atoms with Gasteiger partial charge in [-0.2, -0.15) is 0 Å². The van der Waals surface area contributed by atoms with Gasteiger partial charge < -0.3 is 10.1 Å². The van der Waals surface area contributed by atoms with Crippen LogP contribution in [0.4, 0.5) is 5.69 Å². The van der Waals surface area contributed by atoms with E-state index >= 15 is 0 Å². The van der Waals surface area contributed by atoms with Gasteiger partial charge in [-0.15, -0.1) is 0 Å². The fourth-order valence-electron chi connectivity index (χ4n) is 2.75. The van der Waals surface area contributed by atoms with E-state index in [1.54, 1.807) is 49.4 Å². The van der Waals surface area contributed by atoms with Crippen molar-refractivity contribution in [2.75, 3.05) is 17.7 Å². The molecule has 0 saturated carbocycles. The number of halogens is 2. The lowest BCUT2D eigenvalue weighted by Crippen LogP contribution is -2.49. The van der Waals surface area contributed by atoms with E-state index in [9.17, 15) is 13.2 Å². The number of sulfonamides is 1. The van der Waals surface area contributed by atoms with Gasteiger partial charge >= 0.3 is 0 Å². The SMILES string of the molecule is CCC(C(=O)NCc1ccc(Cl)cc1Cl)N(c1ccc(OC)cc1)S(C)(=O)=O. The van der Waals surface area contributed by atoms with Gasteiger partial charge in [0.15, 0.2) is 0 Å². The zero-order valence-corrected chi connectivity index (χ0v) is 18.1. The Morgan fingerprint density at radius 3 is 2.32 bits per heavy atom. The first-order valence-electron chi connectivity index (χ1n) is 8.52. The molecule has 0 bridgehead atoms. The number of ether oxygens (including phenoxy) is 1. The van der Waals surface area contributed by atoms with Crippen molar-refractivity contribution in [2.24, 2.45) is 0 Å².